The number of aliphatic hydroxyl groups is 1. The molecule has 0 spiro atoms. The topological polar surface area (TPSA) is 20.2 Å². The van der Waals surface area contributed by atoms with Crippen molar-refractivity contribution in [2.75, 3.05) is 0 Å². The van der Waals surface area contributed by atoms with Crippen molar-refractivity contribution in [3.8, 4) is 0 Å². The van der Waals surface area contributed by atoms with Gasteiger partial charge in [-0.15, -0.1) is 0 Å². The van der Waals surface area contributed by atoms with Crippen molar-refractivity contribution in [2.24, 2.45) is 5.92 Å². The first-order valence-electron chi connectivity index (χ1n) is 2.32. The highest BCUT2D eigenvalue weighted by atomic mass is 16.3. The predicted molar refractivity (Wildman–Crippen MR) is 24.1 cm³/mol. The van der Waals surface area contributed by atoms with Crippen molar-refractivity contribution in [1.82, 2.24) is 0 Å². The molecule has 1 heteroatoms. The first-order valence-corrected chi connectivity index (χ1v) is 2.32. The molecule has 0 amide bonds. The van der Waals surface area contributed by atoms with Crippen LogP contribution in [0.1, 0.15) is 12.8 Å². The molecule has 1 atom stereocenters. The molecule has 0 aromatic carbocycles. The predicted octanol–water partition coefficient (Wildman–Crippen LogP) is 0.591. The van der Waals surface area contributed by atoms with Crippen molar-refractivity contribution < 1.29 is 5.11 Å². The van der Waals surface area contributed by atoms with Crippen LogP contribution in [0.25, 0.3) is 0 Å². The lowest BCUT2D eigenvalue weighted by Crippen LogP contribution is -2.00. The highest BCUT2D eigenvalue weighted by molar-refractivity contribution is 4.81. The Balaban J connectivity index is 2.13. The molecule has 0 aromatic rings. The van der Waals surface area contributed by atoms with Crippen molar-refractivity contribution in [3.63, 3.8) is 0 Å². The largest absolute Gasteiger partial charge is 0.393 e. The van der Waals surface area contributed by atoms with E-state index in [2.05, 4.69) is 6.92 Å². The van der Waals surface area contributed by atoms with Gasteiger partial charge in [0, 0.05) is 0 Å². The molecule has 1 fully saturated rings. The van der Waals surface area contributed by atoms with Crippen LogP contribution in [0.2, 0.25) is 0 Å². The maximum absolute atomic E-state index is 8.58. The fourth-order valence-corrected chi connectivity index (χ4v) is 0.481. The summed E-state index contributed by atoms with van der Waals surface area (Å²) >= 11 is 0. The Morgan fingerprint density at radius 1 is 1.67 bits per heavy atom. The summed E-state index contributed by atoms with van der Waals surface area (Å²) in [5, 5.41) is 8.58. The Labute approximate surface area is 38.0 Å². The van der Waals surface area contributed by atoms with E-state index >= 15 is 0 Å². The van der Waals surface area contributed by atoms with Gasteiger partial charge in [-0.1, -0.05) is 0 Å². The third-order valence-corrected chi connectivity index (χ3v) is 1.17. The Morgan fingerprint density at radius 2 is 2.17 bits per heavy atom. The molecule has 0 aromatic heterocycles. The number of hydrogen-bond donors (Lipinski definition) is 1. The lowest BCUT2D eigenvalue weighted by atomic mass is 10.3. The van der Waals surface area contributed by atoms with Gasteiger partial charge in [0.05, 0.1) is 6.10 Å². The van der Waals surface area contributed by atoms with Gasteiger partial charge in [0.2, 0.25) is 0 Å². The normalized spacial score (nSPS) is 27.0. The van der Waals surface area contributed by atoms with Crippen LogP contribution in [0.5, 0.6) is 0 Å². The Bertz CT molecular complexity index is 45.9. The van der Waals surface area contributed by atoms with Gasteiger partial charge in [0.1, 0.15) is 0 Å². The third kappa shape index (κ3) is 0.716. The summed E-state index contributed by atoms with van der Waals surface area (Å²) in [6.07, 6.45) is 2.08. The van der Waals surface area contributed by atoms with Gasteiger partial charge in [-0.2, -0.15) is 0 Å². The quantitative estimate of drug-likeness (QED) is 0.494. The van der Waals surface area contributed by atoms with Crippen LogP contribution >= 0.6 is 0 Å². The van der Waals surface area contributed by atoms with Gasteiger partial charge in [-0.05, 0) is 25.7 Å². The maximum Gasteiger partial charge on any atom is 0.0569 e. The summed E-state index contributed by atoms with van der Waals surface area (Å²) in [6.45, 7) is 3.46. The summed E-state index contributed by atoms with van der Waals surface area (Å²) in [4.78, 5) is 0. The summed E-state index contributed by atoms with van der Waals surface area (Å²) in [5.74, 6) is 0.546. The second-order valence-corrected chi connectivity index (χ2v) is 1.90. The molecule has 6 heavy (non-hydrogen) atoms. The van der Waals surface area contributed by atoms with Crippen molar-refractivity contribution >= 4 is 0 Å². The van der Waals surface area contributed by atoms with Gasteiger partial charge in [0.25, 0.3) is 0 Å². The lowest BCUT2D eigenvalue weighted by Gasteiger charge is -1.93. The zero-order valence-electron chi connectivity index (χ0n) is 3.72. The Hall–Kier alpha value is -0.0400. The molecule has 0 heterocycles. The lowest BCUT2D eigenvalue weighted by molar-refractivity contribution is 0.197. The van der Waals surface area contributed by atoms with Crippen LogP contribution < -0.4 is 0 Å². The minimum Gasteiger partial charge on any atom is -0.393 e. The van der Waals surface area contributed by atoms with Crippen LogP contribution in [0.3, 0.4) is 0 Å². The van der Waals surface area contributed by atoms with Crippen LogP contribution in [0.4, 0.5) is 0 Å². The molecule has 1 aliphatic rings. The molecular formula is C5H9O. The Morgan fingerprint density at radius 3 is 2.17 bits per heavy atom. The minimum absolute atomic E-state index is 0.287. The summed E-state index contributed by atoms with van der Waals surface area (Å²) in [6, 6.07) is 0. The van der Waals surface area contributed by atoms with E-state index in [1.54, 1.807) is 0 Å². The molecule has 0 saturated heterocycles. The molecule has 1 unspecified atom stereocenters. The van der Waals surface area contributed by atoms with E-state index in [9.17, 15) is 0 Å². The zero-order valence-corrected chi connectivity index (χ0v) is 3.72. The molecule has 1 saturated carbocycles. The SMILES string of the molecule is [CH2]C(O)C1CC1. The average molecular weight is 85.1 g/mol. The maximum atomic E-state index is 8.58. The van der Waals surface area contributed by atoms with Crippen LogP contribution in [0, 0.1) is 12.8 Å². The van der Waals surface area contributed by atoms with E-state index in [1.807, 2.05) is 0 Å². The van der Waals surface area contributed by atoms with Crippen molar-refractivity contribution in [3.05, 3.63) is 6.92 Å². The van der Waals surface area contributed by atoms with E-state index in [-0.39, 0.29) is 6.10 Å². The van der Waals surface area contributed by atoms with E-state index in [0.717, 1.165) is 0 Å². The van der Waals surface area contributed by atoms with E-state index in [0.29, 0.717) is 5.92 Å². The first kappa shape index (κ1) is 4.13. The second kappa shape index (κ2) is 1.23. The second-order valence-electron chi connectivity index (χ2n) is 1.90. The highest BCUT2D eigenvalue weighted by Gasteiger charge is 2.25. The standard InChI is InChI=1S/C5H9O/c1-4(6)5-2-3-5/h4-6H,1-3H2. The van der Waals surface area contributed by atoms with Crippen molar-refractivity contribution in [2.45, 2.75) is 18.9 Å². The molecule has 1 nitrogen and oxygen atoms in total. The first-order chi connectivity index (χ1) is 2.80. The molecule has 0 aliphatic heterocycles. The fraction of sp³-hybridized carbons (Fsp3) is 0.800. The molecule has 1 aliphatic carbocycles. The average Bonchev–Trinajstić information content (AvgIpc) is 2.06. The van der Waals surface area contributed by atoms with Gasteiger partial charge in [-0.3, -0.25) is 0 Å². The number of aliphatic hydroxyl groups excluding tert-OH is 1. The molecule has 1 N–H and O–H groups in total. The van der Waals surface area contributed by atoms with E-state index < -0.39 is 0 Å². The summed E-state index contributed by atoms with van der Waals surface area (Å²) in [7, 11) is 0. The zero-order chi connectivity index (χ0) is 4.57. The monoisotopic (exact) mass is 85.1 g/mol. The van der Waals surface area contributed by atoms with Crippen LogP contribution in [0.15, 0.2) is 0 Å². The van der Waals surface area contributed by atoms with Gasteiger partial charge in [0.15, 0.2) is 0 Å². The van der Waals surface area contributed by atoms with Crippen LogP contribution in [-0.2, 0) is 0 Å². The molecule has 1 rings (SSSR count). The molecule has 1 radical (unpaired) electrons. The van der Waals surface area contributed by atoms with Gasteiger partial charge >= 0.3 is 0 Å². The number of rotatable bonds is 1. The highest BCUT2D eigenvalue weighted by Crippen LogP contribution is 2.31. The summed E-state index contributed by atoms with van der Waals surface area (Å²) < 4.78 is 0. The fourth-order valence-electron chi connectivity index (χ4n) is 0.481. The van der Waals surface area contributed by atoms with E-state index in [4.69, 9.17) is 5.11 Å². The molecule has 35 valence electrons. The van der Waals surface area contributed by atoms with Gasteiger partial charge < -0.3 is 5.11 Å². The van der Waals surface area contributed by atoms with Gasteiger partial charge in [-0.25, -0.2) is 0 Å². The third-order valence-electron chi connectivity index (χ3n) is 1.17. The Kier molecular flexibility index (Phi) is 0.845. The summed E-state index contributed by atoms with van der Waals surface area (Å²) in [5.41, 5.74) is 0. The van der Waals surface area contributed by atoms with Crippen LogP contribution in [-0.4, -0.2) is 11.2 Å². The molecule has 0 bridgehead atoms. The smallest absolute Gasteiger partial charge is 0.0569 e. The minimum atomic E-state index is -0.287. The van der Waals surface area contributed by atoms with E-state index in [1.165, 1.54) is 12.8 Å². The molecular weight excluding hydrogens is 76.1 g/mol. The van der Waals surface area contributed by atoms with Crippen molar-refractivity contribution in [1.29, 1.82) is 0 Å². The number of hydrogen-bond acceptors (Lipinski definition) is 1.